The number of hydrogen-bond donors (Lipinski definition) is 4. The van der Waals surface area contributed by atoms with Crippen LogP contribution < -0.4 is 16.4 Å². The maximum Gasteiger partial charge on any atom is 0.251 e. The van der Waals surface area contributed by atoms with Crippen LogP contribution in [0.2, 0.25) is 0 Å². The summed E-state index contributed by atoms with van der Waals surface area (Å²) in [5.74, 6) is -0.529. The van der Waals surface area contributed by atoms with Gasteiger partial charge in [0, 0.05) is 28.4 Å². The zero-order chi connectivity index (χ0) is 27.5. The highest BCUT2D eigenvalue weighted by atomic mass is 19.1. The van der Waals surface area contributed by atoms with Crippen LogP contribution in [0.5, 0.6) is 0 Å². The number of benzene rings is 3. The molecule has 3 aromatic carbocycles. The van der Waals surface area contributed by atoms with Gasteiger partial charge in [-0.1, -0.05) is 36.4 Å². The van der Waals surface area contributed by atoms with Crippen molar-refractivity contribution in [3.05, 3.63) is 102 Å². The number of aromatic amines is 1. The number of anilines is 1. The fourth-order valence-corrected chi connectivity index (χ4v) is 4.17. The maximum absolute atomic E-state index is 13.3. The number of carbonyl (C=O) groups is 2. The normalized spacial score (nSPS) is 12.6. The zero-order valence-corrected chi connectivity index (χ0v) is 21.4. The Morgan fingerprint density at radius 3 is 2.41 bits per heavy atom. The van der Waals surface area contributed by atoms with Crippen LogP contribution in [0.3, 0.4) is 0 Å². The van der Waals surface area contributed by atoms with Gasteiger partial charge in [-0.3, -0.25) is 14.6 Å². The number of nitrogens with two attached hydrogens (primary N) is 1. The predicted octanol–water partition coefficient (Wildman–Crippen LogP) is 5.21. The molecule has 0 fully saturated rings. The Bertz CT molecular complexity index is 1660. The molecule has 0 aliphatic rings. The molecule has 0 spiro atoms. The number of fused-ring (bicyclic) bond motifs is 1. The third-order valence-electron chi connectivity index (χ3n) is 6.35. The summed E-state index contributed by atoms with van der Waals surface area (Å²) >= 11 is 0. The smallest absolute Gasteiger partial charge is 0.251 e. The molecule has 9 heteroatoms. The molecule has 2 atom stereocenters. The van der Waals surface area contributed by atoms with Crippen molar-refractivity contribution in [1.82, 2.24) is 20.3 Å². The minimum absolute atomic E-state index is 0.321. The summed E-state index contributed by atoms with van der Waals surface area (Å²) in [5.41, 5.74) is 9.17. The van der Waals surface area contributed by atoms with E-state index in [1.807, 2.05) is 37.3 Å². The van der Waals surface area contributed by atoms with E-state index in [2.05, 4.69) is 25.6 Å². The number of aromatic nitrogens is 3. The molecule has 0 radical (unpaired) electrons. The lowest BCUT2D eigenvalue weighted by molar-refractivity contribution is -0.117. The van der Waals surface area contributed by atoms with Crippen molar-refractivity contribution in [2.24, 2.45) is 5.73 Å². The van der Waals surface area contributed by atoms with E-state index in [1.165, 1.54) is 12.1 Å². The summed E-state index contributed by atoms with van der Waals surface area (Å²) in [6.45, 7) is 3.39. The van der Waals surface area contributed by atoms with E-state index in [-0.39, 0.29) is 23.7 Å². The summed E-state index contributed by atoms with van der Waals surface area (Å²) in [6.07, 6.45) is 3.45. The van der Waals surface area contributed by atoms with E-state index < -0.39 is 6.04 Å². The van der Waals surface area contributed by atoms with Gasteiger partial charge in [-0.05, 0) is 61.2 Å². The van der Waals surface area contributed by atoms with Crippen LogP contribution in [0.25, 0.3) is 33.5 Å². The average molecular weight is 523 g/mol. The first kappa shape index (κ1) is 25.7. The van der Waals surface area contributed by atoms with Gasteiger partial charge in [0.05, 0.1) is 24.0 Å². The van der Waals surface area contributed by atoms with Crippen LogP contribution in [0, 0.1) is 5.82 Å². The number of pyridine rings is 1. The summed E-state index contributed by atoms with van der Waals surface area (Å²) < 4.78 is 13.3. The number of nitrogens with one attached hydrogen (secondary N) is 3. The minimum atomic E-state index is -0.734. The lowest BCUT2D eigenvalue weighted by atomic mass is 10.0. The summed E-state index contributed by atoms with van der Waals surface area (Å²) in [6, 6.07) is 19.7. The van der Waals surface area contributed by atoms with Crippen LogP contribution in [0.15, 0.2) is 85.2 Å². The van der Waals surface area contributed by atoms with Gasteiger partial charge in [-0.15, -0.1) is 0 Å². The molecule has 8 nitrogen and oxygen atoms in total. The van der Waals surface area contributed by atoms with Crippen LogP contribution >= 0.6 is 0 Å². The van der Waals surface area contributed by atoms with Gasteiger partial charge >= 0.3 is 0 Å². The van der Waals surface area contributed by atoms with E-state index in [0.717, 1.165) is 16.3 Å². The molecule has 0 aliphatic heterocycles. The zero-order valence-electron chi connectivity index (χ0n) is 21.4. The summed E-state index contributed by atoms with van der Waals surface area (Å²) in [4.78, 5) is 37.9. The molecule has 5 rings (SSSR count). The summed E-state index contributed by atoms with van der Waals surface area (Å²) in [7, 11) is 0. The van der Waals surface area contributed by atoms with Crippen LogP contribution in [0.4, 0.5) is 10.1 Å². The van der Waals surface area contributed by atoms with E-state index in [9.17, 15) is 14.0 Å². The Morgan fingerprint density at radius 1 is 0.923 bits per heavy atom. The van der Waals surface area contributed by atoms with E-state index in [1.54, 1.807) is 49.6 Å². The Morgan fingerprint density at radius 2 is 1.67 bits per heavy atom. The van der Waals surface area contributed by atoms with Crippen molar-refractivity contribution in [3.63, 3.8) is 0 Å². The quantitative estimate of drug-likeness (QED) is 0.234. The molecule has 5 N–H and O–H groups in total. The van der Waals surface area contributed by atoms with Gasteiger partial charge in [-0.2, -0.15) is 0 Å². The third-order valence-corrected chi connectivity index (χ3v) is 6.35. The van der Waals surface area contributed by atoms with Crippen molar-refractivity contribution in [2.45, 2.75) is 25.9 Å². The van der Waals surface area contributed by atoms with Crippen molar-refractivity contribution in [3.8, 4) is 22.8 Å². The van der Waals surface area contributed by atoms with Crippen molar-refractivity contribution in [2.75, 3.05) is 5.32 Å². The molecule has 2 aromatic heterocycles. The minimum Gasteiger partial charge on any atom is -0.346 e. The molecule has 5 aromatic rings. The maximum atomic E-state index is 13.3. The molecular weight excluding hydrogens is 495 g/mol. The molecule has 0 saturated carbocycles. The number of carbonyl (C=O) groups excluding carboxylic acids is 2. The lowest BCUT2D eigenvalue weighted by Gasteiger charge is -2.16. The highest BCUT2D eigenvalue weighted by Crippen LogP contribution is 2.27. The van der Waals surface area contributed by atoms with Crippen molar-refractivity contribution < 1.29 is 14.0 Å². The second-order valence-corrected chi connectivity index (χ2v) is 9.39. The second-order valence-electron chi connectivity index (χ2n) is 9.39. The molecule has 196 valence electrons. The first-order chi connectivity index (χ1) is 18.8. The molecule has 2 heterocycles. The largest absolute Gasteiger partial charge is 0.346 e. The van der Waals surface area contributed by atoms with Gasteiger partial charge < -0.3 is 21.4 Å². The van der Waals surface area contributed by atoms with Crippen LogP contribution in [0.1, 0.15) is 35.8 Å². The second kappa shape index (κ2) is 10.8. The van der Waals surface area contributed by atoms with Gasteiger partial charge in [0.15, 0.2) is 5.82 Å². The third kappa shape index (κ3) is 5.83. The van der Waals surface area contributed by atoms with E-state index in [0.29, 0.717) is 34.0 Å². The SMILES string of the molecule is C[C@@H](N)C(=O)Nc1cc(C(=O)N[C@H](C)c2ccc(F)cc2)cc(-c2cnc(-c3cc4ccccc4cn3)[nH]2)c1. The highest BCUT2D eigenvalue weighted by molar-refractivity contribution is 6.00. The highest BCUT2D eigenvalue weighted by Gasteiger charge is 2.17. The lowest BCUT2D eigenvalue weighted by Crippen LogP contribution is -2.32. The standard InChI is InChI=1S/C30H27FN6O2/c1-17(32)29(38)36-25-12-22(11-23(13-25)30(39)35-18(2)19-7-9-24(31)10-8-19)27-16-34-28(37-27)26-14-20-5-3-4-6-21(20)15-33-26/h3-18H,32H2,1-2H3,(H,34,37)(H,35,39)(H,36,38)/t17-,18-/m1/s1. The van der Waals surface area contributed by atoms with Gasteiger partial charge in [0.1, 0.15) is 11.5 Å². The van der Waals surface area contributed by atoms with Gasteiger partial charge in [0.2, 0.25) is 5.91 Å². The fraction of sp³-hybridized carbons (Fsp3) is 0.133. The molecule has 39 heavy (non-hydrogen) atoms. The Labute approximate surface area is 224 Å². The molecule has 0 unspecified atom stereocenters. The number of halogens is 1. The van der Waals surface area contributed by atoms with Crippen LogP contribution in [-0.4, -0.2) is 32.8 Å². The molecule has 0 bridgehead atoms. The number of nitrogens with zero attached hydrogens (tertiary/aromatic N) is 2. The number of hydrogen-bond acceptors (Lipinski definition) is 5. The monoisotopic (exact) mass is 522 g/mol. The fourth-order valence-electron chi connectivity index (χ4n) is 4.17. The Hall–Kier alpha value is -4.89. The molecule has 2 amide bonds. The predicted molar refractivity (Wildman–Crippen MR) is 149 cm³/mol. The number of H-pyrrole nitrogens is 1. The van der Waals surface area contributed by atoms with E-state index in [4.69, 9.17) is 5.73 Å². The van der Waals surface area contributed by atoms with Gasteiger partial charge in [0.25, 0.3) is 5.91 Å². The van der Waals surface area contributed by atoms with Crippen molar-refractivity contribution in [1.29, 1.82) is 0 Å². The van der Waals surface area contributed by atoms with E-state index >= 15 is 0 Å². The van der Waals surface area contributed by atoms with Crippen LogP contribution in [-0.2, 0) is 4.79 Å². The van der Waals surface area contributed by atoms with Crippen molar-refractivity contribution >= 4 is 28.3 Å². The summed E-state index contributed by atoms with van der Waals surface area (Å²) in [5, 5.41) is 7.75. The number of imidazole rings is 1. The number of rotatable bonds is 7. The molecule has 0 aliphatic carbocycles. The Balaban J connectivity index is 1.47. The first-order valence-electron chi connectivity index (χ1n) is 12.5. The Kier molecular flexibility index (Phi) is 7.16. The average Bonchev–Trinajstić information content (AvgIpc) is 3.43. The first-order valence-corrected chi connectivity index (χ1v) is 12.5. The molecule has 0 saturated heterocycles. The topological polar surface area (TPSA) is 126 Å². The molecular formula is C30H27FN6O2. The van der Waals surface area contributed by atoms with Gasteiger partial charge in [-0.25, -0.2) is 9.37 Å². The number of amides is 2.